The number of sulfone groups is 1. The van der Waals surface area contributed by atoms with Gasteiger partial charge in [-0.25, -0.2) is 8.42 Å². The molecule has 3 aliphatic rings. The minimum Gasteiger partial charge on any atom is -0.219 e. The Bertz CT molecular complexity index is 707. The number of benzene rings is 1. The molecule has 1 atom stereocenters. The van der Waals surface area contributed by atoms with Crippen LogP contribution in [0.1, 0.15) is 32.1 Å². The summed E-state index contributed by atoms with van der Waals surface area (Å²) in [7, 11) is -3.29. The summed E-state index contributed by atoms with van der Waals surface area (Å²) in [4.78, 5) is 1.16. The fourth-order valence-corrected chi connectivity index (χ4v) is 5.28. The molecule has 0 saturated heterocycles. The smallest absolute Gasteiger partial charge is 0.203 e. The third kappa shape index (κ3) is 1.80. The van der Waals surface area contributed by atoms with E-state index in [0.29, 0.717) is 28.1 Å². The van der Waals surface area contributed by atoms with Crippen LogP contribution in [0.15, 0.2) is 57.4 Å². The van der Waals surface area contributed by atoms with Crippen molar-refractivity contribution in [1.29, 1.82) is 0 Å². The number of allylic oxidation sites excluding steroid dienone is 4. The van der Waals surface area contributed by atoms with Crippen LogP contribution in [-0.4, -0.2) is 8.42 Å². The lowest BCUT2D eigenvalue weighted by Gasteiger charge is -2.36. The fraction of sp³-hybridized carbons (Fsp3) is 0.412. The van der Waals surface area contributed by atoms with E-state index in [1.54, 1.807) is 24.3 Å². The quantitative estimate of drug-likeness (QED) is 0.845. The molecule has 0 radical (unpaired) electrons. The average molecular weight is 286 g/mol. The van der Waals surface area contributed by atoms with Gasteiger partial charge in [-0.1, -0.05) is 24.3 Å². The molecule has 1 saturated carbocycles. The van der Waals surface area contributed by atoms with Gasteiger partial charge in [0, 0.05) is 5.92 Å². The molecule has 3 aliphatic carbocycles. The zero-order valence-electron chi connectivity index (χ0n) is 11.4. The summed E-state index contributed by atoms with van der Waals surface area (Å²) in [5.74, 6) is 1.15. The van der Waals surface area contributed by atoms with E-state index in [-0.39, 0.29) is 0 Å². The standard InChI is InChI=1S/C17H18O2S/c18-20(19,14-6-2-1-3-7-14)16-8-4-5-13-11-15(17(13)16)12-9-10-12/h1-3,6-7,11-12,15H,4-5,8-10H2. The fourth-order valence-electron chi connectivity index (χ4n) is 3.51. The Balaban J connectivity index is 1.82. The average Bonchev–Trinajstić information content (AvgIpc) is 3.25. The summed E-state index contributed by atoms with van der Waals surface area (Å²) in [5.41, 5.74) is 2.49. The second-order valence-corrected chi connectivity index (χ2v) is 8.03. The molecule has 0 aromatic heterocycles. The molecule has 2 nitrogen and oxygen atoms in total. The first-order chi connectivity index (χ1) is 9.68. The van der Waals surface area contributed by atoms with Gasteiger partial charge < -0.3 is 0 Å². The lowest BCUT2D eigenvalue weighted by atomic mass is 9.72. The highest BCUT2D eigenvalue weighted by Crippen LogP contribution is 2.54. The number of hydrogen-bond donors (Lipinski definition) is 0. The van der Waals surface area contributed by atoms with Gasteiger partial charge in [-0.15, -0.1) is 0 Å². The van der Waals surface area contributed by atoms with Gasteiger partial charge in [0.25, 0.3) is 0 Å². The molecular formula is C17H18O2S. The van der Waals surface area contributed by atoms with Crippen molar-refractivity contribution in [1.82, 2.24) is 0 Å². The Hall–Kier alpha value is -1.35. The molecule has 1 fully saturated rings. The summed E-state index contributed by atoms with van der Waals surface area (Å²) in [6, 6.07) is 8.89. The highest BCUT2D eigenvalue weighted by atomic mass is 32.2. The summed E-state index contributed by atoms with van der Waals surface area (Å²) in [5, 5.41) is 0. The van der Waals surface area contributed by atoms with Crippen LogP contribution >= 0.6 is 0 Å². The molecule has 0 N–H and O–H groups in total. The van der Waals surface area contributed by atoms with Crippen LogP contribution in [0.5, 0.6) is 0 Å². The summed E-state index contributed by atoms with van der Waals surface area (Å²) in [6.45, 7) is 0. The maximum absolute atomic E-state index is 12.9. The van der Waals surface area contributed by atoms with Gasteiger partial charge in [-0.2, -0.15) is 0 Å². The Labute approximate surface area is 120 Å². The maximum atomic E-state index is 12.9. The van der Waals surface area contributed by atoms with Crippen molar-refractivity contribution in [3.8, 4) is 0 Å². The molecule has 1 aromatic rings. The second kappa shape index (κ2) is 4.32. The molecule has 1 aromatic carbocycles. The molecule has 20 heavy (non-hydrogen) atoms. The Morgan fingerprint density at radius 1 is 1.00 bits per heavy atom. The van der Waals surface area contributed by atoms with Crippen LogP contribution in [0.4, 0.5) is 0 Å². The molecule has 4 rings (SSSR count). The maximum Gasteiger partial charge on any atom is 0.203 e. The first-order valence-electron chi connectivity index (χ1n) is 7.42. The van der Waals surface area contributed by atoms with E-state index in [2.05, 4.69) is 6.08 Å². The molecule has 1 unspecified atom stereocenters. The van der Waals surface area contributed by atoms with Crippen molar-refractivity contribution >= 4 is 9.84 Å². The molecule has 3 heteroatoms. The second-order valence-electron chi connectivity index (χ2n) is 6.06. The van der Waals surface area contributed by atoms with Gasteiger partial charge in [0.2, 0.25) is 9.84 Å². The highest BCUT2D eigenvalue weighted by Gasteiger charge is 2.43. The van der Waals surface area contributed by atoms with E-state index in [0.717, 1.165) is 12.8 Å². The number of fused-ring (bicyclic) bond motifs is 1. The van der Waals surface area contributed by atoms with Crippen molar-refractivity contribution in [2.75, 3.05) is 0 Å². The predicted octanol–water partition coefficient (Wildman–Crippen LogP) is 3.86. The Morgan fingerprint density at radius 3 is 2.45 bits per heavy atom. The monoisotopic (exact) mass is 286 g/mol. The van der Waals surface area contributed by atoms with Crippen LogP contribution in [0.25, 0.3) is 0 Å². The van der Waals surface area contributed by atoms with E-state index in [1.165, 1.54) is 24.0 Å². The van der Waals surface area contributed by atoms with Gasteiger partial charge >= 0.3 is 0 Å². The highest BCUT2D eigenvalue weighted by molar-refractivity contribution is 7.95. The molecule has 0 spiro atoms. The largest absolute Gasteiger partial charge is 0.219 e. The first-order valence-corrected chi connectivity index (χ1v) is 8.90. The molecule has 0 heterocycles. The van der Waals surface area contributed by atoms with E-state index in [1.807, 2.05) is 6.07 Å². The van der Waals surface area contributed by atoms with Gasteiger partial charge in [0.1, 0.15) is 0 Å². The van der Waals surface area contributed by atoms with Crippen molar-refractivity contribution in [3.63, 3.8) is 0 Å². The van der Waals surface area contributed by atoms with E-state index in [4.69, 9.17) is 0 Å². The summed E-state index contributed by atoms with van der Waals surface area (Å²) < 4.78 is 25.8. The Morgan fingerprint density at radius 2 is 1.75 bits per heavy atom. The Kier molecular flexibility index (Phi) is 2.68. The molecule has 0 amide bonds. The lowest BCUT2D eigenvalue weighted by molar-refractivity contribution is 0.561. The van der Waals surface area contributed by atoms with E-state index < -0.39 is 9.84 Å². The minimum absolute atomic E-state index is 0.429. The topological polar surface area (TPSA) is 34.1 Å². The lowest BCUT2D eigenvalue weighted by Crippen LogP contribution is -2.25. The number of hydrogen-bond acceptors (Lipinski definition) is 2. The zero-order chi connectivity index (χ0) is 13.7. The van der Waals surface area contributed by atoms with Crippen molar-refractivity contribution in [2.45, 2.75) is 37.0 Å². The first kappa shape index (κ1) is 12.4. The number of rotatable bonds is 3. The molecular weight excluding hydrogens is 268 g/mol. The van der Waals surface area contributed by atoms with Crippen molar-refractivity contribution in [2.24, 2.45) is 11.8 Å². The minimum atomic E-state index is -3.29. The van der Waals surface area contributed by atoms with Crippen LogP contribution < -0.4 is 0 Å². The normalized spacial score (nSPS) is 25.8. The van der Waals surface area contributed by atoms with Crippen LogP contribution in [0.2, 0.25) is 0 Å². The molecule has 0 bridgehead atoms. The van der Waals surface area contributed by atoms with Crippen molar-refractivity contribution < 1.29 is 8.42 Å². The predicted molar refractivity (Wildman–Crippen MR) is 78.8 cm³/mol. The van der Waals surface area contributed by atoms with Crippen LogP contribution in [0.3, 0.4) is 0 Å². The zero-order valence-corrected chi connectivity index (χ0v) is 12.2. The molecule has 104 valence electrons. The summed E-state index contributed by atoms with van der Waals surface area (Å²) in [6.07, 6.45) is 7.59. The third-order valence-corrected chi connectivity index (χ3v) is 6.68. The van der Waals surface area contributed by atoms with Gasteiger partial charge in [-0.05, 0) is 61.3 Å². The van der Waals surface area contributed by atoms with E-state index >= 15 is 0 Å². The SMILES string of the molecule is O=S(=O)(C1=C2C(=CC2C2CC2)CCC1)c1ccccc1. The van der Waals surface area contributed by atoms with Gasteiger partial charge in [-0.3, -0.25) is 0 Å². The van der Waals surface area contributed by atoms with Crippen molar-refractivity contribution in [3.05, 3.63) is 52.5 Å². The summed E-state index contributed by atoms with van der Waals surface area (Å²) >= 11 is 0. The van der Waals surface area contributed by atoms with Gasteiger partial charge in [0.05, 0.1) is 9.80 Å². The van der Waals surface area contributed by atoms with E-state index in [9.17, 15) is 8.42 Å². The van der Waals surface area contributed by atoms with Crippen LogP contribution in [0, 0.1) is 11.8 Å². The van der Waals surface area contributed by atoms with Gasteiger partial charge in [0.15, 0.2) is 0 Å². The van der Waals surface area contributed by atoms with Crippen LogP contribution in [-0.2, 0) is 9.84 Å². The molecule has 0 aliphatic heterocycles. The third-order valence-electron chi connectivity index (χ3n) is 4.72.